The Kier molecular flexibility index (Phi) is 11.5. The minimum Gasteiger partial charge on any atom is -0.310 e. The topological polar surface area (TPSA) is 6.48 Å². The van der Waals surface area contributed by atoms with Crippen LogP contribution in [0.3, 0.4) is 0 Å². The van der Waals surface area contributed by atoms with Crippen molar-refractivity contribution in [2.75, 3.05) is 9.80 Å². The molecule has 12 aromatic carbocycles. The van der Waals surface area contributed by atoms with E-state index in [0.717, 1.165) is 34.0 Å². The lowest BCUT2D eigenvalue weighted by Crippen LogP contribution is -2.11. The zero-order chi connectivity index (χ0) is 48.7. The minimum absolute atomic E-state index is 1.10. The van der Waals surface area contributed by atoms with Crippen LogP contribution in [0.5, 0.6) is 0 Å². The third kappa shape index (κ3) is 8.17. The van der Waals surface area contributed by atoms with Crippen LogP contribution in [0.4, 0.5) is 34.1 Å². The summed E-state index contributed by atoms with van der Waals surface area (Å²) in [5.41, 5.74) is 19.0. The summed E-state index contributed by atoms with van der Waals surface area (Å²) in [7, 11) is 0. The molecule has 72 heavy (non-hydrogen) atoms. The molecule has 0 bridgehead atoms. The zero-order valence-corrected chi connectivity index (χ0v) is 41.1. The number of aryl methyl sites for hydroxylation is 4. The van der Waals surface area contributed by atoms with E-state index in [9.17, 15) is 0 Å². The van der Waals surface area contributed by atoms with Gasteiger partial charge >= 0.3 is 0 Å². The van der Waals surface area contributed by atoms with Gasteiger partial charge in [-0.15, -0.1) is 0 Å². The Morgan fingerprint density at radius 2 is 0.569 bits per heavy atom. The lowest BCUT2D eigenvalue weighted by atomic mass is 9.86. The van der Waals surface area contributed by atoms with Gasteiger partial charge in [0.25, 0.3) is 0 Å². The van der Waals surface area contributed by atoms with E-state index >= 15 is 0 Å². The van der Waals surface area contributed by atoms with Crippen molar-refractivity contribution in [3.05, 3.63) is 276 Å². The van der Waals surface area contributed by atoms with E-state index < -0.39 is 0 Å². The van der Waals surface area contributed by atoms with E-state index in [1.54, 1.807) is 0 Å². The van der Waals surface area contributed by atoms with Crippen molar-refractivity contribution in [3.63, 3.8) is 0 Å². The van der Waals surface area contributed by atoms with Crippen LogP contribution in [-0.2, 0) is 0 Å². The van der Waals surface area contributed by atoms with Crippen LogP contribution in [0.2, 0.25) is 0 Å². The average Bonchev–Trinajstić information content (AvgIpc) is 3.42. The maximum Gasteiger partial charge on any atom is 0.0618 e. The van der Waals surface area contributed by atoms with Crippen molar-refractivity contribution in [1.82, 2.24) is 0 Å². The lowest BCUT2D eigenvalue weighted by Gasteiger charge is -2.30. The minimum atomic E-state index is 1.10. The molecular formula is C70H54N2. The first-order chi connectivity index (χ1) is 35.4. The van der Waals surface area contributed by atoms with Crippen molar-refractivity contribution in [1.29, 1.82) is 0 Å². The first-order valence-corrected chi connectivity index (χ1v) is 25.0. The van der Waals surface area contributed by atoms with Gasteiger partial charge in [0.1, 0.15) is 0 Å². The smallest absolute Gasteiger partial charge is 0.0618 e. The van der Waals surface area contributed by atoms with Gasteiger partial charge in [0, 0.05) is 38.9 Å². The Hall–Kier alpha value is -8.98. The van der Waals surface area contributed by atoms with Gasteiger partial charge in [-0.3, -0.25) is 0 Å². The van der Waals surface area contributed by atoms with Crippen molar-refractivity contribution < 1.29 is 0 Å². The first kappa shape index (κ1) is 44.2. The quantitative estimate of drug-likeness (QED) is 0.0996. The Morgan fingerprint density at radius 1 is 0.250 bits per heavy atom. The molecule has 0 saturated carbocycles. The Labute approximate surface area is 423 Å². The van der Waals surface area contributed by atoms with E-state index in [1.165, 1.54) is 98.8 Å². The van der Waals surface area contributed by atoms with Crippen molar-refractivity contribution in [2.45, 2.75) is 27.7 Å². The second-order valence-corrected chi connectivity index (χ2v) is 19.2. The maximum absolute atomic E-state index is 2.45. The number of benzene rings is 12. The molecule has 0 aromatic heterocycles. The predicted octanol–water partition coefficient (Wildman–Crippen LogP) is 20.0. The van der Waals surface area contributed by atoms with Gasteiger partial charge in [0.2, 0.25) is 0 Å². The van der Waals surface area contributed by atoms with Gasteiger partial charge in [-0.1, -0.05) is 222 Å². The number of hydrogen-bond donors (Lipinski definition) is 0. The van der Waals surface area contributed by atoms with E-state index in [-0.39, 0.29) is 0 Å². The highest BCUT2D eigenvalue weighted by molar-refractivity contribution is 6.25. The monoisotopic (exact) mass is 922 g/mol. The number of fused-ring (bicyclic) bond motifs is 4. The summed E-state index contributed by atoms with van der Waals surface area (Å²) in [5.74, 6) is 0. The Morgan fingerprint density at radius 3 is 1.04 bits per heavy atom. The predicted molar refractivity (Wildman–Crippen MR) is 311 cm³/mol. The molecule has 0 spiro atoms. The molecule has 344 valence electrons. The molecular weight excluding hydrogens is 869 g/mol. The molecule has 2 heteroatoms. The molecule has 0 atom stereocenters. The van der Waals surface area contributed by atoms with Gasteiger partial charge in [0.05, 0.1) is 11.4 Å². The molecule has 12 rings (SSSR count). The fourth-order valence-electron chi connectivity index (χ4n) is 10.6. The summed E-state index contributed by atoms with van der Waals surface area (Å²) >= 11 is 0. The fraction of sp³-hybridized carbons (Fsp3) is 0.0571. The maximum atomic E-state index is 2.45. The molecule has 0 amide bonds. The van der Waals surface area contributed by atoms with Gasteiger partial charge < -0.3 is 9.80 Å². The molecule has 0 aliphatic rings. The van der Waals surface area contributed by atoms with Gasteiger partial charge in [-0.25, -0.2) is 0 Å². The van der Waals surface area contributed by atoms with Gasteiger partial charge in [0.15, 0.2) is 0 Å². The van der Waals surface area contributed by atoms with Crippen LogP contribution in [0.1, 0.15) is 33.4 Å². The molecule has 0 heterocycles. The van der Waals surface area contributed by atoms with Crippen molar-refractivity contribution in [2.24, 2.45) is 0 Å². The van der Waals surface area contributed by atoms with E-state index in [1.807, 2.05) is 0 Å². The van der Waals surface area contributed by atoms with Crippen LogP contribution in [0.25, 0.3) is 77.5 Å². The highest BCUT2D eigenvalue weighted by atomic mass is 15.1. The van der Waals surface area contributed by atoms with E-state index in [4.69, 9.17) is 0 Å². The highest BCUT2D eigenvalue weighted by Crippen LogP contribution is 2.50. The van der Waals surface area contributed by atoms with Gasteiger partial charge in [-0.2, -0.15) is 0 Å². The van der Waals surface area contributed by atoms with E-state index in [2.05, 4.69) is 292 Å². The lowest BCUT2D eigenvalue weighted by molar-refractivity contribution is 1.29. The molecule has 0 radical (unpaired) electrons. The number of nitrogens with zero attached hydrogens (tertiary/aromatic N) is 2. The van der Waals surface area contributed by atoms with Crippen LogP contribution >= 0.6 is 0 Å². The summed E-state index contributed by atoms with van der Waals surface area (Å²) in [6, 6.07) is 89.6. The normalized spacial score (nSPS) is 11.6. The van der Waals surface area contributed by atoms with Crippen LogP contribution in [0, 0.1) is 27.7 Å². The molecule has 0 unspecified atom stereocenters. The Balaban J connectivity index is 1.01. The average molecular weight is 923 g/mol. The van der Waals surface area contributed by atoms with Gasteiger partial charge in [-0.05, 0) is 143 Å². The highest BCUT2D eigenvalue weighted by Gasteiger charge is 2.24. The summed E-state index contributed by atoms with van der Waals surface area (Å²) in [4.78, 5) is 4.85. The molecule has 0 N–H and O–H groups in total. The van der Waals surface area contributed by atoms with Crippen molar-refractivity contribution >= 4 is 89.4 Å². The molecule has 0 fully saturated rings. The Bertz CT molecular complexity index is 3870. The standard InChI is InChI=1S/C70H54N2/c1-47-25-33-51(34-26-47)35-36-52-37-45-54(46-38-52)71(53-39-27-48(2)28-40-53)68-24-12-21-60-58(18-10-22-62(60)68)57-17-9-20-61-59(57)19-11-23-63(61)69-64-13-5-7-15-66(64)70(67-16-8-6-14-65(67)69)72(55-41-29-49(3)30-42-55)56-43-31-50(4)32-44-56/h5-46H,1-4H3/b36-35+. The SMILES string of the molecule is Cc1ccc(/C=C/c2ccc(N(c3ccc(C)cc3)c3cccc4c(-c5cccc6c(-c7c8ccccc8c(N(c8ccc(C)cc8)c8ccc(C)cc8)c8ccccc78)cccc56)cccc34)cc2)cc1. The third-order valence-corrected chi connectivity index (χ3v) is 14.3. The van der Waals surface area contributed by atoms with Crippen LogP contribution in [0.15, 0.2) is 243 Å². The van der Waals surface area contributed by atoms with Crippen molar-refractivity contribution in [3.8, 4) is 22.3 Å². The second kappa shape index (κ2) is 18.7. The number of hydrogen-bond acceptors (Lipinski definition) is 2. The third-order valence-electron chi connectivity index (χ3n) is 14.3. The molecule has 0 saturated heterocycles. The largest absolute Gasteiger partial charge is 0.310 e. The summed E-state index contributed by atoms with van der Waals surface area (Å²) < 4.78 is 0. The van der Waals surface area contributed by atoms with E-state index in [0.29, 0.717) is 0 Å². The summed E-state index contributed by atoms with van der Waals surface area (Å²) in [6.07, 6.45) is 4.37. The second-order valence-electron chi connectivity index (χ2n) is 19.2. The number of anilines is 6. The van der Waals surface area contributed by atoms with Crippen LogP contribution in [-0.4, -0.2) is 0 Å². The number of rotatable bonds is 10. The van der Waals surface area contributed by atoms with Crippen LogP contribution < -0.4 is 9.80 Å². The molecule has 12 aromatic rings. The summed E-state index contributed by atoms with van der Waals surface area (Å²) in [5, 5.41) is 9.67. The molecule has 2 nitrogen and oxygen atoms in total. The zero-order valence-electron chi connectivity index (χ0n) is 41.1. The molecule has 0 aliphatic carbocycles. The fourth-order valence-corrected chi connectivity index (χ4v) is 10.6. The summed E-state index contributed by atoms with van der Waals surface area (Å²) in [6.45, 7) is 8.58. The first-order valence-electron chi connectivity index (χ1n) is 25.0. The molecule has 0 aliphatic heterocycles.